The molecule has 3 rings (SSSR count). The molecule has 0 unspecified atom stereocenters. The van der Waals surface area contributed by atoms with Crippen LogP contribution in [0.3, 0.4) is 0 Å². The molecule has 1 heterocycles. The summed E-state index contributed by atoms with van der Waals surface area (Å²) in [4.78, 5) is 21.3. The highest BCUT2D eigenvalue weighted by molar-refractivity contribution is 7.90. The SMILES string of the molecule is CS(=O)(=O)c1ccc(/C(=C\C2CCCC2)C(=O)Nc2cnc(OC[C@H](O)CO)cn2)cc1Cl. The monoisotopic (exact) mass is 495 g/mol. The predicted molar refractivity (Wildman–Crippen MR) is 124 cm³/mol. The number of nitrogens with one attached hydrogen (secondary N) is 1. The molecule has 0 aliphatic heterocycles. The molecule has 33 heavy (non-hydrogen) atoms. The lowest BCUT2D eigenvalue weighted by molar-refractivity contribution is -0.111. The molecule has 1 atom stereocenters. The van der Waals surface area contributed by atoms with Gasteiger partial charge < -0.3 is 20.3 Å². The normalized spacial score (nSPS) is 15.9. The molecule has 0 bridgehead atoms. The number of benzene rings is 1. The van der Waals surface area contributed by atoms with Crippen molar-refractivity contribution < 1.29 is 28.2 Å². The molecule has 1 amide bonds. The Hall–Kier alpha value is -2.53. The van der Waals surface area contributed by atoms with Crippen LogP contribution in [0.1, 0.15) is 31.2 Å². The van der Waals surface area contributed by atoms with E-state index in [1.54, 1.807) is 6.07 Å². The van der Waals surface area contributed by atoms with Gasteiger partial charge in [0.05, 0.1) is 28.9 Å². The van der Waals surface area contributed by atoms with Crippen LogP contribution in [0.5, 0.6) is 5.88 Å². The zero-order valence-electron chi connectivity index (χ0n) is 18.1. The quantitative estimate of drug-likeness (QED) is 0.451. The van der Waals surface area contributed by atoms with Gasteiger partial charge in [0.15, 0.2) is 15.7 Å². The number of rotatable bonds is 9. The van der Waals surface area contributed by atoms with Crippen LogP contribution in [0, 0.1) is 5.92 Å². The second-order valence-electron chi connectivity index (χ2n) is 7.88. The molecule has 3 N–H and O–H groups in total. The van der Waals surface area contributed by atoms with E-state index in [4.69, 9.17) is 21.4 Å². The van der Waals surface area contributed by atoms with Crippen LogP contribution in [0.15, 0.2) is 41.6 Å². The van der Waals surface area contributed by atoms with Crippen LogP contribution in [0.2, 0.25) is 5.02 Å². The lowest BCUT2D eigenvalue weighted by Gasteiger charge is -2.13. The van der Waals surface area contributed by atoms with Crippen molar-refractivity contribution in [3.05, 3.63) is 47.3 Å². The number of ether oxygens (including phenoxy) is 1. The van der Waals surface area contributed by atoms with Gasteiger partial charge in [-0.25, -0.2) is 18.4 Å². The number of carbonyl (C=O) groups is 1. The highest BCUT2D eigenvalue weighted by Gasteiger charge is 2.21. The zero-order valence-corrected chi connectivity index (χ0v) is 19.6. The summed E-state index contributed by atoms with van der Waals surface area (Å²) in [6, 6.07) is 4.45. The Morgan fingerprint density at radius 2 is 2.03 bits per heavy atom. The van der Waals surface area contributed by atoms with Crippen LogP contribution >= 0.6 is 11.6 Å². The smallest absolute Gasteiger partial charge is 0.257 e. The Balaban J connectivity index is 1.82. The van der Waals surface area contributed by atoms with Gasteiger partial charge >= 0.3 is 0 Å². The number of aliphatic hydroxyl groups is 2. The summed E-state index contributed by atoms with van der Waals surface area (Å²) in [6.07, 6.45) is 8.65. The fourth-order valence-corrected chi connectivity index (χ4v) is 4.83. The Morgan fingerprint density at radius 1 is 1.30 bits per heavy atom. The first kappa shape index (κ1) is 25.1. The van der Waals surface area contributed by atoms with Crippen LogP contribution in [0.4, 0.5) is 5.82 Å². The van der Waals surface area contributed by atoms with Gasteiger partial charge in [-0.15, -0.1) is 0 Å². The third kappa shape index (κ3) is 6.97. The van der Waals surface area contributed by atoms with Crippen LogP contribution in [-0.4, -0.2) is 60.1 Å². The number of allylic oxidation sites excluding steroid dienone is 1. The molecule has 0 radical (unpaired) electrons. The van der Waals surface area contributed by atoms with E-state index in [-0.39, 0.29) is 34.1 Å². The molecule has 1 aromatic heterocycles. The second kappa shape index (κ2) is 11.1. The van der Waals surface area contributed by atoms with E-state index in [1.807, 2.05) is 6.08 Å². The van der Waals surface area contributed by atoms with Gasteiger partial charge in [-0.2, -0.15) is 0 Å². The van der Waals surface area contributed by atoms with Crippen molar-refractivity contribution in [1.29, 1.82) is 0 Å². The van der Waals surface area contributed by atoms with Gasteiger partial charge in [0.25, 0.3) is 5.91 Å². The molecule has 1 aromatic carbocycles. The summed E-state index contributed by atoms with van der Waals surface area (Å²) in [5.74, 6) is 0.124. The number of nitrogens with zero attached hydrogens (tertiary/aromatic N) is 2. The summed E-state index contributed by atoms with van der Waals surface area (Å²) >= 11 is 6.21. The van der Waals surface area contributed by atoms with Crippen molar-refractivity contribution in [2.45, 2.75) is 36.7 Å². The maximum Gasteiger partial charge on any atom is 0.257 e. The number of aromatic nitrogens is 2. The third-order valence-corrected chi connectivity index (χ3v) is 6.77. The molecule has 9 nitrogen and oxygen atoms in total. The van der Waals surface area contributed by atoms with Crippen LogP contribution in [-0.2, 0) is 14.6 Å². The Morgan fingerprint density at radius 3 is 2.61 bits per heavy atom. The number of sulfone groups is 1. The third-order valence-electron chi connectivity index (χ3n) is 5.19. The molecule has 1 saturated carbocycles. The number of hydrogen-bond acceptors (Lipinski definition) is 8. The van der Waals surface area contributed by atoms with E-state index in [9.17, 15) is 18.3 Å². The fraction of sp³-hybridized carbons (Fsp3) is 0.409. The van der Waals surface area contributed by atoms with Crippen LogP contribution < -0.4 is 10.1 Å². The summed E-state index contributed by atoms with van der Waals surface area (Å²) < 4.78 is 29.0. The van der Waals surface area contributed by atoms with Crippen molar-refractivity contribution in [3.63, 3.8) is 0 Å². The van der Waals surface area contributed by atoms with Gasteiger partial charge in [0.1, 0.15) is 12.7 Å². The van der Waals surface area contributed by atoms with E-state index in [1.165, 1.54) is 24.5 Å². The highest BCUT2D eigenvalue weighted by atomic mass is 35.5. The van der Waals surface area contributed by atoms with Gasteiger partial charge in [0.2, 0.25) is 5.88 Å². The van der Waals surface area contributed by atoms with Crippen molar-refractivity contribution >= 4 is 38.7 Å². The number of carbonyl (C=O) groups excluding carboxylic acids is 1. The van der Waals surface area contributed by atoms with E-state index >= 15 is 0 Å². The summed E-state index contributed by atoms with van der Waals surface area (Å²) in [5, 5.41) is 20.9. The molecule has 1 aliphatic carbocycles. The van der Waals surface area contributed by atoms with E-state index < -0.39 is 28.5 Å². The van der Waals surface area contributed by atoms with Crippen LogP contribution in [0.25, 0.3) is 5.57 Å². The molecule has 11 heteroatoms. The summed E-state index contributed by atoms with van der Waals surface area (Å²) in [5.41, 5.74) is 0.875. The topological polar surface area (TPSA) is 139 Å². The van der Waals surface area contributed by atoms with Crippen molar-refractivity contribution in [1.82, 2.24) is 9.97 Å². The molecule has 1 aliphatic rings. The first-order valence-corrected chi connectivity index (χ1v) is 12.7. The standard InChI is InChI=1S/C22H26ClN3O6S/c1-33(30,31)19-7-6-15(9-18(19)23)17(8-14-4-2-3-5-14)22(29)26-20-10-25-21(11-24-20)32-13-16(28)12-27/h6-11,14,16,27-28H,2-5,12-13H2,1H3,(H,24,26,29)/b17-8+/t16-/m1/s1. The molecule has 178 valence electrons. The van der Waals surface area contributed by atoms with E-state index in [2.05, 4.69) is 15.3 Å². The molecule has 0 spiro atoms. The number of amides is 1. The Bertz CT molecular complexity index is 1120. The minimum absolute atomic E-state index is 0.00122. The average molecular weight is 496 g/mol. The van der Waals surface area contributed by atoms with Gasteiger partial charge in [-0.05, 0) is 36.5 Å². The van der Waals surface area contributed by atoms with E-state index in [0.29, 0.717) is 11.1 Å². The molecule has 1 fully saturated rings. The minimum atomic E-state index is -3.49. The average Bonchev–Trinajstić information content (AvgIpc) is 3.29. The Labute approximate surface area is 197 Å². The lowest BCUT2D eigenvalue weighted by atomic mass is 9.98. The number of anilines is 1. The van der Waals surface area contributed by atoms with Crippen molar-refractivity contribution in [2.24, 2.45) is 5.92 Å². The zero-order chi connectivity index (χ0) is 24.0. The second-order valence-corrected chi connectivity index (χ2v) is 10.3. The molecular weight excluding hydrogens is 470 g/mol. The highest BCUT2D eigenvalue weighted by Crippen LogP contribution is 2.32. The molecule has 2 aromatic rings. The lowest BCUT2D eigenvalue weighted by Crippen LogP contribution is -2.21. The van der Waals surface area contributed by atoms with Gasteiger partial charge in [-0.3, -0.25) is 4.79 Å². The minimum Gasteiger partial charge on any atom is -0.474 e. The maximum atomic E-state index is 13.1. The Kier molecular flexibility index (Phi) is 8.41. The van der Waals surface area contributed by atoms with E-state index in [0.717, 1.165) is 31.9 Å². The number of aliphatic hydroxyl groups excluding tert-OH is 2. The van der Waals surface area contributed by atoms with Crippen molar-refractivity contribution in [2.75, 3.05) is 24.8 Å². The summed E-state index contributed by atoms with van der Waals surface area (Å²) in [6.45, 7) is -0.581. The first-order chi connectivity index (χ1) is 15.7. The molecular formula is C22H26ClN3O6S. The van der Waals surface area contributed by atoms with Gasteiger partial charge in [0, 0.05) is 11.8 Å². The van der Waals surface area contributed by atoms with Crippen molar-refractivity contribution in [3.8, 4) is 5.88 Å². The largest absolute Gasteiger partial charge is 0.474 e. The number of hydrogen-bond donors (Lipinski definition) is 3. The van der Waals surface area contributed by atoms with Gasteiger partial charge in [-0.1, -0.05) is 36.6 Å². The molecule has 0 saturated heterocycles. The maximum absolute atomic E-state index is 13.1. The number of halogens is 1. The predicted octanol–water partition coefficient (Wildman–Crippen LogP) is 2.48. The fourth-order valence-electron chi connectivity index (χ4n) is 3.51. The first-order valence-electron chi connectivity index (χ1n) is 10.4. The summed E-state index contributed by atoms with van der Waals surface area (Å²) in [7, 11) is -3.49.